The highest BCUT2D eigenvalue weighted by Crippen LogP contribution is 2.41. The SMILES string of the molecule is COc1cc(-c2cc(=O)c3c(O)cc(OC4(CO)OCC(O)C(O)C4O)cc3o2)cc(OC)c1O. The first-order chi connectivity index (χ1) is 16.6. The van der Waals surface area contributed by atoms with Crippen LogP contribution in [0.1, 0.15) is 0 Å². The maximum absolute atomic E-state index is 12.8. The van der Waals surface area contributed by atoms with Gasteiger partial charge in [-0.3, -0.25) is 4.79 Å². The van der Waals surface area contributed by atoms with Crippen molar-refractivity contribution in [1.29, 1.82) is 0 Å². The van der Waals surface area contributed by atoms with Gasteiger partial charge >= 0.3 is 0 Å². The minimum absolute atomic E-state index is 0.0417. The quantitative estimate of drug-likeness (QED) is 0.272. The Bertz CT molecular complexity index is 1280. The molecule has 1 saturated heterocycles. The zero-order valence-corrected chi connectivity index (χ0v) is 18.7. The van der Waals surface area contributed by atoms with Gasteiger partial charge in [-0.15, -0.1) is 0 Å². The van der Waals surface area contributed by atoms with Crippen molar-refractivity contribution in [2.75, 3.05) is 27.4 Å². The van der Waals surface area contributed by atoms with E-state index < -0.39 is 48.5 Å². The molecule has 0 bridgehead atoms. The van der Waals surface area contributed by atoms with Crippen molar-refractivity contribution in [3.63, 3.8) is 0 Å². The standard InChI is InChI=1S/C23H24O12/c1-31-17-3-10(4-18(32-2)21(17)29)15-7-13(26)19-12(25)5-11(6-16(19)34-15)35-23(9-24)22(30)20(28)14(27)8-33-23/h3-7,14,20,22,24-25,27-30H,8-9H2,1-2H3. The second kappa shape index (κ2) is 9.24. The van der Waals surface area contributed by atoms with Crippen LogP contribution in [0.15, 0.2) is 39.5 Å². The lowest BCUT2D eigenvalue weighted by molar-refractivity contribution is -0.318. The third kappa shape index (κ3) is 4.22. The van der Waals surface area contributed by atoms with Crippen molar-refractivity contribution in [3.8, 4) is 40.1 Å². The number of aromatic hydroxyl groups is 2. The predicted octanol–water partition coefficient (Wildman–Crippen LogP) is 0.0687. The number of methoxy groups -OCH3 is 2. The molecule has 12 nitrogen and oxygen atoms in total. The van der Waals surface area contributed by atoms with Gasteiger partial charge in [0.1, 0.15) is 53.1 Å². The largest absolute Gasteiger partial charge is 0.507 e. The summed E-state index contributed by atoms with van der Waals surface area (Å²) in [7, 11) is 2.68. The Labute approximate surface area is 197 Å². The highest BCUT2D eigenvalue weighted by molar-refractivity contribution is 5.86. The summed E-state index contributed by atoms with van der Waals surface area (Å²) < 4.78 is 27.0. The zero-order chi connectivity index (χ0) is 25.5. The van der Waals surface area contributed by atoms with E-state index in [-0.39, 0.29) is 39.7 Å². The molecule has 35 heavy (non-hydrogen) atoms. The molecule has 1 aliphatic heterocycles. The maximum atomic E-state index is 12.8. The molecule has 1 fully saturated rings. The minimum atomic E-state index is -2.16. The van der Waals surface area contributed by atoms with Gasteiger partial charge in [-0.1, -0.05) is 0 Å². The molecule has 0 spiro atoms. The number of phenols is 2. The van der Waals surface area contributed by atoms with Crippen molar-refractivity contribution < 1.29 is 54.0 Å². The lowest BCUT2D eigenvalue weighted by Crippen LogP contribution is -2.65. The molecule has 0 aliphatic carbocycles. The minimum Gasteiger partial charge on any atom is -0.507 e. The first kappa shape index (κ1) is 24.6. The van der Waals surface area contributed by atoms with E-state index in [0.29, 0.717) is 5.56 Å². The number of hydrogen-bond donors (Lipinski definition) is 6. The van der Waals surface area contributed by atoms with Gasteiger partial charge < -0.3 is 54.0 Å². The molecule has 2 aromatic carbocycles. The number of rotatable bonds is 6. The first-order valence-corrected chi connectivity index (χ1v) is 10.4. The fourth-order valence-corrected chi connectivity index (χ4v) is 3.82. The van der Waals surface area contributed by atoms with E-state index in [4.69, 9.17) is 23.4 Å². The van der Waals surface area contributed by atoms with Crippen molar-refractivity contribution in [2.45, 2.75) is 24.1 Å². The third-order valence-electron chi connectivity index (χ3n) is 5.73. The Morgan fingerprint density at radius 3 is 2.29 bits per heavy atom. The highest BCUT2D eigenvalue weighted by Gasteiger charge is 2.51. The van der Waals surface area contributed by atoms with Crippen LogP contribution >= 0.6 is 0 Å². The Morgan fingerprint density at radius 1 is 1.03 bits per heavy atom. The Kier molecular flexibility index (Phi) is 6.49. The van der Waals surface area contributed by atoms with E-state index in [1.807, 2.05) is 0 Å². The van der Waals surface area contributed by atoms with Gasteiger partial charge in [0.25, 0.3) is 5.79 Å². The molecule has 12 heteroatoms. The van der Waals surface area contributed by atoms with Gasteiger partial charge in [0.15, 0.2) is 16.9 Å². The number of benzene rings is 2. The number of ether oxygens (including phenoxy) is 4. The summed E-state index contributed by atoms with van der Waals surface area (Å²) in [6.07, 6.45) is -4.92. The lowest BCUT2D eigenvalue weighted by atomic mass is 9.97. The number of hydrogen-bond acceptors (Lipinski definition) is 12. The van der Waals surface area contributed by atoms with Crippen molar-refractivity contribution in [2.24, 2.45) is 0 Å². The summed E-state index contributed by atoms with van der Waals surface area (Å²) in [5, 5.41) is 60.3. The molecule has 6 N–H and O–H groups in total. The molecular weight excluding hydrogens is 468 g/mol. The van der Waals surface area contributed by atoms with Crippen LogP contribution in [-0.2, 0) is 4.74 Å². The van der Waals surface area contributed by atoms with E-state index >= 15 is 0 Å². The van der Waals surface area contributed by atoms with Gasteiger partial charge in [0.2, 0.25) is 5.75 Å². The van der Waals surface area contributed by atoms with Crippen LogP contribution in [0.2, 0.25) is 0 Å². The van der Waals surface area contributed by atoms with Gasteiger partial charge in [-0.25, -0.2) is 0 Å². The second-order valence-electron chi connectivity index (χ2n) is 7.91. The summed E-state index contributed by atoms with van der Waals surface area (Å²) in [4.78, 5) is 12.8. The zero-order valence-electron chi connectivity index (χ0n) is 18.7. The molecule has 0 saturated carbocycles. The molecule has 188 valence electrons. The molecule has 2 heterocycles. The highest BCUT2D eigenvalue weighted by atomic mass is 16.7. The molecule has 4 rings (SSSR count). The van der Waals surface area contributed by atoms with Gasteiger partial charge in [-0.2, -0.15) is 0 Å². The number of aliphatic hydroxyl groups is 4. The summed E-state index contributed by atoms with van der Waals surface area (Å²) >= 11 is 0. The van der Waals surface area contributed by atoms with Gasteiger partial charge in [0.05, 0.1) is 20.8 Å². The molecule has 1 aromatic heterocycles. The smallest absolute Gasteiger partial charge is 0.262 e. The number of aliphatic hydroxyl groups excluding tert-OH is 4. The van der Waals surface area contributed by atoms with Crippen LogP contribution in [0, 0.1) is 0 Å². The second-order valence-corrected chi connectivity index (χ2v) is 7.91. The normalized spacial score (nSPS) is 24.3. The summed E-state index contributed by atoms with van der Waals surface area (Å²) in [6, 6.07) is 6.24. The average Bonchev–Trinajstić information content (AvgIpc) is 2.84. The molecule has 1 aliphatic rings. The molecule has 0 radical (unpaired) electrons. The van der Waals surface area contributed by atoms with E-state index in [0.717, 1.165) is 12.1 Å². The Morgan fingerprint density at radius 2 is 1.69 bits per heavy atom. The van der Waals surface area contributed by atoms with Crippen LogP contribution in [0.4, 0.5) is 0 Å². The monoisotopic (exact) mass is 492 g/mol. The van der Waals surface area contributed by atoms with Crippen molar-refractivity contribution >= 4 is 11.0 Å². The molecular formula is C23H24O12. The molecule has 0 amide bonds. The molecule has 3 aromatic rings. The fourth-order valence-electron chi connectivity index (χ4n) is 3.82. The van der Waals surface area contributed by atoms with Crippen LogP contribution in [0.3, 0.4) is 0 Å². The third-order valence-corrected chi connectivity index (χ3v) is 5.73. The van der Waals surface area contributed by atoms with Crippen LogP contribution < -0.4 is 19.6 Å². The fraction of sp³-hybridized carbons (Fsp3) is 0.348. The lowest BCUT2D eigenvalue weighted by Gasteiger charge is -2.43. The van der Waals surface area contributed by atoms with Crippen molar-refractivity contribution in [1.82, 2.24) is 0 Å². The first-order valence-electron chi connectivity index (χ1n) is 10.4. The summed E-state index contributed by atoms with van der Waals surface area (Å²) in [6.45, 7) is -1.35. The Balaban J connectivity index is 1.81. The molecule has 4 atom stereocenters. The number of phenolic OH excluding ortho intramolecular Hbond substituents is 2. The summed E-state index contributed by atoms with van der Waals surface area (Å²) in [5.74, 6) is -2.92. The average molecular weight is 492 g/mol. The van der Waals surface area contributed by atoms with E-state index in [1.54, 1.807) is 0 Å². The van der Waals surface area contributed by atoms with Gasteiger partial charge in [-0.05, 0) is 12.1 Å². The molecule has 4 unspecified atom stereocenters. The van der Waals surface area contributed by atoms with Crippen LogP contribution in [0.25, 0.3) is 22.3 Å². The predicted molar refractivity (Wildman–Crippen MR) is 119 cm³/mol. The van der Waals surface area contributed by atoms with Crippen LogP contribution in [0.5, 0.6) is 28.7 Å². The summed E-state index contributed by atoms with van der Waals surface area (Å²) in [5.41, 5.74) is -0.399. The number of fused-ring (bicyclic) bond motifs is 1. The van der Waals surface area contributed by atoms with E-state index in [1.165, 1.54) is 32.4 Å². The van der Waals surface area contributed by atoms with Gasteiger partial charge in [0, 0.05) is 23.8 Å². The topological polar surface area (TPSA) is 189 Å². The van der Waals surface area contributed by atoms with Crippen molar-refractivity contribution in [3.05, 3.63) is 40.6 Å². The maximum Gasteiger partial charge on any atom is 0.262 e. The van der Waals surface area contributed by atoms with E-state index in [9.17, 15) is 35.4 Å². The van der Waals surface area contributed by atoms with Crippen LogP contribution in [-0.4, -0.2) is 82.2 Å². The Hall–Kier alpha value is -3.55. The van der Waals surface area contributed by atoms with E-state index in [2.05, 4.69) is 0 Å².